The number of amides is 2. The van der Waals surface area contributed by atoms with Crippen LogP contribution in [0.25, 0.3) is 0 Å². The lowest BCUT2D eigenvalue weighted by Gasteiger charge is -2.24. The smallest absolute Gasteiger partial charge is 0.410 e. The van der Waals surface area contributed by atoms with E-state index in [1.807, 2.05) is 63.2 Å². The summed E-state index contributed by atoms with van der Waals surface area (Å²) < 4.78 is 17.5. The van der Waals surface area contributed by atoms with E-state index in [9.17, 15) is 9.59 Å². The van der Waals surface area contributed by atoms with Crippen LogP contribution in [0, 0.1) is 0 Å². The van der Waals surface area contributed by atoms with Gasteiger partial charge in [-0.05, 0) is 38.5 Å². The zero-order chi connectivity index (χ0) is 21.8. The van der Waals surface area contributed by atoms with E-state index in [4.69, 9.17) is 14.2 Å². The van der Waals surface area contributed by atoms with Crippen molar-refractivity contribution >= 4 is 17.7 Å². The van der Waals surface area contributed by atoms with Gasteiger partial charge in [0.1, 0.15) is 35.2 Å². The lowest BCUT2D eigenvalue weighted by molar-refractivity contribution is -0.119. The second kappa shape index (κ2) is 6.90. The van der Waals surface area contributed by atoms with Gasteiger partial charge in [0, 0.05) is 30.3 Å². The molecule has 2 atom stereocenters. The minimum Gasteiger partial charge on any atom is -0.491 e. The molecule has 2 aromatic rings. The van der Waals surface area contributed by atoms with Crippen LogP contribution < -0.4 is 14.8 Å². The van der Waals surface area contributed by atoms with Gasteiger partial charge in [-0.25, -0.2) is 4.79 Å². The second-order valence-corrected chi connectivity index (χ2v) is 9.31. The highest BCUT2D eigenvalue weighted by Crippen LogP contribution is 2.50. The van der Waals surface area contributed by atoms with Crippen molar-refractivity contribution in [1.29, 1.82) is 0 Å². The van der Waals surface area contributed by atoms with E-state index >= 15 is 0 Å². The van der Waals surface area contributed by atoms with E-state index in [0.29, 0.717) is 24.6 Å². The van der Waals surface area contributed by atoms with Crippen LogP contribution in [0.2, 0.25) is 0 Å². The number of hydrogen-bond donors (Lipinski definition) is 1. The Morgan fingerprint density at radius 2 is 2.00 bits per heavy atom. The number of nitrogens with zero attached hydrogens (tertiary/aromatic N) is 1. The maximum absolute atomic E-state index is 12.9. The van der Waals surface area contributed by atoms with Gasteiger partial charge in [0.25, 0.3) is 0 Å². The van der Waals surface area contributed by atoms with E-state index in [-0.39, 0.29) is 24.7 Å². The van der Waals surface area contributed by atoms with Crippen LogP contribution in [0.15, 0.2) is 42.5 Å². The Bertz CT molecular complexity index is 1060. The van der Waals surface area contributed by atoms with E-state index < -0.39 is 11.0 Å². The highest BCUT2D eigenvalue weighted by molar-refractivity contribution is 6.09. The number of hydrogen-bond acceptors (Lipinski definition) is 5. The fourth-order valence-electron chi connectivity index (χ4n) is 4.55. The predicted octanol–water partition coefficient (Wildman–Crippen LogP) is 3.71. The Kier molecular flexibility index (Phi) is 4.39. The molecule has 1 unspecified atom stereocenters. The number of carbonyl (C=O) groups excluding carboxylic acids is 2. The molecule has 0 bridgehead atoms. The lowest BCUT2D eigenvalue weighted by Crippen LogP contribution is -2.37. The van der Waals surface area contributed by atoms with Gasteiger partial charge < -0.3 is 24.4 Å². The van der Waals surface area contributed by atoms with Crippen LogP contribution in [0.5, 0.6) is 11.5 Å². The van der Waals surface area contributed by atoms with E-state index in [2.05, 4.69) is 5.32 Å². The van der Waals surface area contributed by atoms with Crippen molar-refractivity contribution in [3.05, 3.63) is 53.6 Å². The number of anilines is 1. The summed E-state index contributed by atoms with van der Waals surface area (Å²) in [5.41, 5.74) is 1.29. The van der Waals surface area contributed by atoms with Gasteiger partial charge in [0.15, 0.2) is 0 Å². The van der Waals surface area contributed by atoms with Crippen molar-refractivity contribution in [3.63, 3.8) is 0 Å². The van der Waals surface area contributed by atoms with Gasteiger partial charge in [-0.2, -0.15) is 0 Å². The average Bonchev–Trinajstić information content (AvgIpc) is 3.39. The van der Waals surface area contributed by atoms with Crippen LogP contribution in [-0.4, -0.2) is 48.3 Å². The molecule has 0 saturated carbocycles. The van der Waals surface area contributed by atoms with Crippen LogP contribution in [0.3, 0.4) is 0 Å². The molecule has 1 fully saturated rings. The van der Waals surface area contributed by atoms with Gasteiger partial charge in [-0.3, -0.25) is 4.79 Å². The number of rotatable bonds is 2. The molecule has 1 saturated heterocycles. The Morgan fingerprint density at radius 3 is 2.81 bits per heavy atom. The normalized spacial score (nSPS) is 23.9. The maximum atomic E-state index is 12.9. The van der Waals surface area contributed by atoms with Gasteiger partial charge >= 0.3 is 6.09 Å². The van der Waals surface area contributed by atoms with Crippen molar-refractivity contribution in [2.24, 2.45) is 0 Å². The summed E-state index contributed by atoms with van der Waals surface area (Å²) in [6, 6.07) is 13.4. The molecule has 7 nitrogen and oxygen atoms in total. The summed E-state index contributed by atoms with van der Waals surface area (Å²) in [4.78, 5) is 26.9. The highest BCUT2D eigenvalue weighted by Gasteiger charge is 2.53. The molecular formula is C24H26N2O5. The lowest BCUT2D eigenvalue weighted by atomic mass is 9.77. The van der Waals surface area contributed by atoms with Gasteiger partial charge in [-0.1, -0.05) is 24.3 Å². The van der Waals surface area contributed by atoms with Crippen LogP contribution in [0.1, 0.15) is 38.3 Å². The number of carbonyl (C=O) groups is 2. The first-order valence-electron chi connectivity index (χ1n) is 10.6. The number of likely N-dealkylation sites (tertiary alicyclic amines) is 1. The molecule has 1 N–H and O–H groups in total. The fourth-order valence-corrected chi connectivity index (χ4v) is 4.55. The molecule has 5 rings (SSSR count). The SMILES string of the molecule is CC(C)(C)OC(=O)N1CC[C@@H](Oc2ccc3c(c2)OCC32C(=O)Nc3ccccc32)C1. The van der Waals surface area contributed by atoms with E-state index in [1.54, 1.807) is 4.90 Å². The number of fused-ring (bicyclic) bond motifs is 4. The third-order valence-electron chi connectivity index (χ3n) is 5.98. The molecule has 2 aromatic carbocycles. The molecule has 1 spiro atoms. The molecule has 0 aliphatic carbocycles. The largest absolute Gasteiger partial charge is 0.491 e. The predicted molar refractivity (Wildman–Crippen MR) is 115 cm³/mol. The zero-order valence-electron chi connectivity index (χ0n) is 17.9. The minimum absolute atomic E-state index is 0.0649. The molecule has 0 radical (unpaired) electrons. The third kappa shape index (κ3) is 3.28. The summed E-state index contributed by atoms with van der Waals surface area (Å²) in [5.74, 6) is 1.26. The van der Waals surface area contributed by atoms with Crippen molar-refractivity contribution in [3.8, 4) is 11.5 Å². The Labute approximate surface area is 181 Å². The highest BCUT2D eigenvalue weighted by atomic mass is 16.6. The zero-order valence-corrected chi connectivity index (χ0v) is 17.9. The summed E-state index contributed by atoms with van der Waals surface area (Å²) in [6.07, 6.45) is 0.303. The summed E-state index contributed by atoms with van der Waals surface area (Å²) in [6.45, 7) is 6.91. The number of para-hydroxylation sites is 1. The maximum Gasteiger partial charge on any atom is 0.410 e. The first kappa shape index (κ1) is 19.7. The van der Waals surface area contributed by atoms with Crippen LogP contribution >= 0.6 is 0 Å². The fraction of sp³-hybridized carbons (Fsp3) is 0.417. The molecule has 0 aromatic heterocycles. The monoisotopic (exact) mass is 422 g/mol. The van der Waals surface area contributed by atoms with Crippen molar-refractivity contribution in [2.75, 3.05) is 25.0 Å². The van der Waals surface area contributed by atoms with E-state index in [0.717, 1.165) is 23.2 Å². The average molecular weight is 422 g/mol. The van der Waals surface area contributed by atoms with Gasteiger partial charge in [-0.15, -0.1) is 0 Å². The van der Waals surface area contributed by atoms with Crippen LogP contribution in [-0.2, 0) is 14.9 Å². The number of ether oxygens (including phenoxy) is 3. The summed E-state index contributed by atoms with van der Waals surface area (Å²) in [7, 11) is 0. The molecule has 7 heteroatoms. The van der Waals surface area contributed by atoms with Gasteiger partial charge in [0.2, 0.25) is 5.91 Å². The quantitative estimate of drug-likeness (QED) is 0.799. The topological polar surface area (TPSA) is 77.1 Å². The van der Waals surface area contributed by atoms with Crippen LogP contribution in [0.4, 0.5) is 10.5 Å². The second-order valence-electron chi connectivity index (χ2n) is 9.31. The first-order chi connectivity index (χ1) is 14.8. The standard InChI is InChI=1S/C24H26N2O5/c1-23(2,3)31-22(28)26-11-10-16(13-26)30-15-8-9-18-20(12-15)29-14-24(18)17-6-4-5-7-19(17)25-21(24)27/h4-9,12,16H,10-11,13-14H2,1-3H3,(H,25,27)/t16-,24?/m1/s1. The minimum atomic E-state index is -0.814. The molecule has 3 aliphatic rings. The van der Waals surface area contributed by atoms with Crippen molar-refractivity contribution in [2.45, 2.75) is 44.3 Å². The summed E-state index contributed by atoms with van der Waals surface area (Å²) in [5, 5.41) is 2.98. The molecule has 2 amide bonds. The molecular weight excluding hydrogens is 396 g/mol. The molecule has 162 valence electrons. The van der Waals surface area contributed by atoms with Crippen molar-refractivity contribution in [1.82, 2.24) is 4.90 Å². The number of nitrogens with one attached hydrogen (secondary N) is 1. The first-order valence-corrected chi connectivity index (χ1v) is 10.6. The summed E-state index contributed by atoms with van der Waals surface area (Å²) >= 11 is 0. The Hall–Kier alpha value is -3.22. The molecule has 31 heavy (non-hydrogen) atoms. The van der Waals surface area contributed by atoms with E-state index in [1.165, 1.54) is 0 Å². The molecule has 3 aliphatic heterocycles. The Morgan fingerprint density at radius 1 is 1.19 bits per heavy atom. The third-order valence-corrected chi connectivity index (χ3v) is 5.98. The number of benzene rings is 2. The Balaban J connectivity index is 1.32. The molecule has 3 heterocycles. The van der Waals surface area contributed by atoms with Crippen molar-refractivity contribution < 1.29 is 23.8 Å². The van der Waals surface area contributed by atoms with Gasteiger partial charge in [0.05, 0.1) is 6.54 Å².